The molecule has 0 saturated carbocycles. The van der Waals surface area contributed by atoms with Crippen LogP contribution in [-0.4, -0.2) is 34.1 Å². The highest BCUT2D eigenvalue weighted by molar-refractivity contribution is 5.54. The van der Waals surface area contributed by atoms with Gasteiger partial charge in [-0.25, -0.2) is 4.52 Å². The summed E-state index contributed by atoms with van der Waals surface area (Å²) in [4.78, 5) is 2.54. The van der Waals surface area contributed by atoms with Crippen LogP contribution in [0.4, 0.5) is 0 Å². The highest BCUT2D eigenvalue weighted by atomic mass is 15.2. The molecule has 4 heteroatoms. The molecule has 0 saturated heterocycles. The van der Waals surface area contributed by atoms with Crippen molar-refractivity contribution >= 4 is 5.52 Å². The van der Waals surface area contributed by atoms with Gasteiger partial charge >= 0.3 is 0 Å². The standard InChI is InChI=1S/C20H24N4/c1-16(19-14-22-24-11-5-4-8-20(19)24)21-10-13-23-12-9-17-6-2-3-7-18(17)15-23/h2-8,11,14,16,21H,9-10,12-13,15H2,1H3. The van der Waals surface area contributed by atoms with Crippen LogP contribution in [0, 0.1) is 0 Å². The molecule has 4 nitrogen and oxygen atoms in total. The third-order valence-electron chi connectivity index (χ3n) is 5.01. The maximum absolute atomic E-state index is 4.43. The monoisotopic (exact) mass is 320 g/mol. The molecule has 3 aromatic rings. The molecule has 24 heavy (non-hydrogen) atoms. The minimum atomic E-state index is 0.307. The molecule has 0 amide bonds. The smallest absolute Gasteiger partial charge is 0.0709 e. The van der Waals surface area contributed by atoms with Gasteiger partial charge in [-0.15, -0.1) is 0 Å². The van der Waals surface area contributed by atoms with Crippen LogP contribution in [0.15, 0.2) is 54.9 Å². The Balaban J connectivity index is 1.33. The summed E-state index contributed by atoms with van der Waals surface area (Å²) in [7, 11) is 0. The first kappa shape index (κ1) is 15.4. The number of hydrogen-bond donors (Lipinski definition) is 1. The van der Waals surface area contributed by atoms with E-state index in [0.717, 1.165) is 26.2 Å². The van der Waals surface area contributed by atoms with Gasteiger partial charge in [0.1, 0.15) is 0 Å². The molecule has 0 bridgehead atoms. The van der Waals surface area contributed by atoms with E-state index in [0.29, 0.717) is 6.04 Å². The summed E-state index contributed by atoms with van der Waals surface area (Å²) in [5.74, 6) is 0. The van der Waals surface area contributed by atoms with E-state index < -0.39 is 0 Å². The Labute approximate surface area is 143 Å². The van der Waals surface area contributed by atoms with E-state index in [1.807, 2.05) is 23.0 Å². The fourth-order valence-electron chi connectivity index (χ4n) is 3.58. The fourth-order valence-corrected chi connectivity index (χ4v) is 3.58. The van der Waals surface area contributed by atoms with Crippen molar-refractivity contribution in [1.82, 2.24) is 19.8 Å². The number of nitrogens with zero attached hydrogens (tertiary/aromatic N) is 3. The number of rotatable bonds is 5. The zero-order valence-corrected chi connectivity index (χ0v) is 14.2. The topological polar surface area (TPSA) is 32.6 Å². The van der Waals surface area contributed by atoms with Crippen molar-refractivity contribution in [3.8, 4) is 0 Å². The highest BCUT2D eigenvalue weighted by Gasteiger charge is 2.16. The predicted octanol–water partition coefficient (Wildman–Crippen LogP) is 3.04. The normalized spacial score (nSPS) is 16.2. The van der Waals surface area contributed by atoms with E-state index in [2.05, 4.69) is 58.6 Å². The van der Waals surface area contributed by atoms with Gasteiger partial charge in [-0.05, 0) is 36.6 Å². The average molecular weight is 320 g/mol. The Kier molecular flexibility index (Phi) is 4.32. The summed E-state index contributed by atoms with van der Waals surface area (Å²) in [6.07, 6.45) is 5.14. The minimum absolute atomic E-state index is 0.307. The lowest BCUT2D eigenvalue weighted by atomic mass is 10.00. The van der Waals surface area contributed by atoms with Gasteiger partial charge in [0.2, 0.25) is 0 Å². The molecule has 1 unspecified atom stereocenters. The Morgan fingerprint density at radius 1 is 1.12 bits per heavy atom. The minimum Gasteiger partial charge on any atom is -0.309 e. The van der Waals surface area contributed by atoms with Crippen molar-refractivity contribution in [2.45, 2.75) is 25.9 Å². The molecule has 2 aromatic heterocycles. The van der Waals surface area contributed by atoms with Gasteiger partial charge in [-0.1, -0.05) is 30.3 Å². The van der Waals surface area contributed by atoms with E-state index in [9.17, 15) is 0 Å². The van der Waals surface area contributed by atoms with Gasteiger partial charge < -0.3 is 5.32 Å². The summed E-state index contributed by atoms with van der Waals surface area (Å²) in [5.41, 5.74) is 5.45. The zero-order chi connectivity index (χ0) is 16.4. The number of pyridine rings is 1. The van der Waals surface area contributed by atoms with Crippen LogP contribution >= 0.6 is 0 Å². The molecule has 0 spiro atoms. The van der Waals surface area contributed by atoms with Crippen LogP contribution in [0.2, 0.25) is 0 Å². The molecule has 1 atom stereocenters. The summed E-state index contributed by atoms with van der Waals surface area (Å²) in [5, 5.41) is 8.08. The first-order valence-corrected chi connectivity index (χ1v) is 8.76. The van der Waals surface area contributed by atoms with Crippen LogP contribution in [0.1, 0.15) is 29.7 Å². The van der Waals surface area contributed by atoms with E-state index in [1.54, 1.807) is 0 Å². The van der Waals surface area contributed by atoms with Gasteiger partial charge in [0.15, 0.2) is 0 Å². The number of benzene rings is 1. The number of fused-ring (bicyclic) bond motifs is 2. The van der Waals surface area contributed by atoms with Gasteiger partial charge in [0.25, 0.3) is 0 Å². The molecular weight excluding hydrogens is 296 g/mol. The Morgan fingerprint density at radius 2 is 1.96 bits per heavy atom. The second-order valence-corrected chi connectivity index (χ2v) is 6.60. The summed E-state index contributed by atoms with van der Waals surface area (Å²) in [6, 6.07) is 15.3. The lowest BCUT2D eigenvalue weighted by Crippen LogP contribution is -2.36. The zero-order valence-electron chi connectivity index (χ0n) is 14.2. The molecule has 0 aliphatic carbocycles. The van der Waals surface area contributed by atoms with Crippen LogP contribution in [-0.2, 0) is 13.0 Å². The molecule has 0 radical (unpaired) electrons. The maximum Gasteiger partial charge on any atom is 0.0709 e. The summed E-state index contributed by atoms with van der Waals surface area (Å²) < 4.78 is 1.94. The van der Waals surface area contributed by atoms with Crippen LogP contribution in [0.25, 0.3) is 5.52 Å². The Hall–Kier alpha value is -2.17. The van der Waals surface area contributed by atoms with Crippen molar-refractivity contribution in [2.24, 2.45) is 0 Å². The summed E-state index contributed by atoms with van der Waals surface area (Å²) in [6.45, 7) is 6.52. The third-order valence-corrected chi connectivity index (χ3v) is 5.01. The van der Waals surface area contributed by atoms with Gasteiger partial charge in [-0.2, -0.15) is 5.10 Å². The van der Waals surface area contributed by atoms with E-state index in [1.165, 1.54) is 28.6 Å². The molecule has 0 fully saturated rings. The van der Waals surface area contributed by atoms with E-state index in [4.69, 9.17) is 0 Å². The van der Waals surface area contributed by atoms with Crippen molar-refractivity contribution in [3.63, 3.8) is 0 Å². The van der Waals surface area contributed by atoms with Gasteiger partial charge in [-0.3, -0.25) is 4.90 Å². The third kappa shape index (κ3) is 3.07. The quantitative estimate of drug-likeness (QED) is 0.784. The number of nitrogens with one attached hydrogen (secondary N) is 1. The van der Waals surface area contributed by atoms with Crippen LogP contribution < -0.4 is 5.32 Å². The molecule has 1 aliphatic rings. The molecule has 1 aliphatic heterocycles. The second-order valence-electron chi connectivity index (χ2n) is 6.60. The van der Waals surface area contributed by atoms with Crippen molar-refractivity contribution in [2.75, 3.05) is 19.6 Å². The van der Waals surface area contributed by atoms with Crippen molar-refractivity contribution < 1.29 is 0 Å². The lowest BCUT2D eigenvalue weighted by molar-refractivity contribution is 0.251. The lowest BCUT2D eigenvalue weighted by Gasteiger charge is -2.29. The van der Waals surface area contributed by atoms with Gasteiger partial charge in [0.05, 0.1) is 11.7 Å². The van der Waals surface area contributed by atoms with Crippen LogP contribution in [0.3, 0.4) is 0 Å². The van der Waals surface area contributed by atoms with E-state index >= 15 is 0 Å². The number of aromatic nitrogens is 2. The largest absolute Gasteiger partial charge is 0.309 e. The average Bonchev–Trinajstić information content (AvgIpc) is 3.06. The first-order valence-electron chi connectivity index (χ1n) is 8.76. The second kappa shape index (κ2) is 6.75. The Bertz CT molecular complexity index is 823. The molecule has 4 rings (SSSR count). The molecule has 1 aromatic carbocycles. The van der Waals surface area contributed by atoms with Crippen molar-refractivity contribution in [1.29, 1.82) is 0 Å². The molecule has 3 heterocycles. The Morgan fingerprint density at radius 3 is 2.88 bits per heavy atom. The highest BCUT2D eigenvalue weighted by Crippen LogP contribution is 2.19. The predicted molar refractivity (Wildman–Crippen MR) is 97.0 cm³/mol. The molecular formula is C20H24N4. The summed E-state index contributed by atoms with van der Waals surface area (Å²) >= 11 is 0. The number of hydrogen-bond acceptors (Lipinski definition) is 3. The fraction of sp³-hybridized carbons (Fsp3) is 0.350. The van der Waals surface area contributed by atoms with Crippen LogP contribution in [0.5, 0.6) is 0 Å². The van der Waals surface area contributed by atoms with Gasteiger partial charge in [0, 0.05) is 44.0 Å². The molecule has 124 valence electrons. The van der Waals surface area contributed by atoms with Crippen molar-refractivity contribution in [3.05, 3.63) is 71.5 Å². The maximum atomic E-state index is 4.43. The first-order chi connectivity index (χ1) is 11.8. The molecule has 1 N–H and O–H groups in total. The SMILES string of the molecule is CC(NCCN1CCc2ccccc2C1)c1cnn2ccccc12. The van der Waals surface area contributed by atoms with E-state index in [-0.39, 0.29) is 0 Å².